The minimum Gasteiger partial charge on any atom is -0.494 e. The summed E-state index contributed by atoms with van der Waals surface area (Å²) >= 11 is 0. The van der Waals surface area contributed by atoms with Crippen LogP contribution in [-0.2, 0) is 6.18 Å². The minimum absolute atomic E-state index is 0.0577. The van der Waals surface area contributed by atoms with Crippen LogP contribution in [0.25, 0.3) is 0 Å². The van der Waals surface area contributed by atoms with Crippen LogP contribution >= 0.6 is 0 Å². The second-order valence-electron chi connectivity index (χ2n) is 3.01. The molecule has 0 aliphatic rings. The SMILES string of the molecule is [B]CCOc1cc(C(F)(F)F)ccc1C=O. The molecule has 0 spiro atoms. The van der Waals surface area contributed by atoms with Crippen LogP contribution in [0.5, 0.6) is 5.75 Å². The topological polar surface area (TPSA) is 26.3 Å². The predicted octanol–water partition coefficient (Wildman–Crippen LogP) is 2.48. The zero-order valence-electron chi connectivity index (χ0n) is 8.25. The minimum atomic E-state index is -4.46. The highest BCUT2D eigenvalue weighted by atomic mass is 19.4. The van der Waals surface area contributed by atoms with Gasteiger partial charge in [0.1, 0.15) is 5.75 Å². The summed E-state index contributed by atoms with van der Waals surface area (Å²) in [5.74, 6) is -0.102. The third-order valence-corrected chi connectivity index (χ3v) is 1.84. The molecule has 16 heavy (non-hydrogen) atoms. The van der Waals surface area contributed by atoms with Crippen molar-refractivity contribution in [1.29, 1.82) is 0 Å². The van der Waals surface area contributed by atoms with E-state index < -0.39 is 11.7 Å². The Morgan fingerprint density at radius 1 is 1.38 bits per heavy atom. The van der Waals surface area contributed by atoms with E-state index in [1.165, 1.54) is 0 Å². The quantitative estimate of drug-likeness (QED) is 0.584. The lowest BCUT2D eigenvalue weighted by atomic mass is 10.1. The van der Waals surface area contributed by atoms with Crippen LogP contribution in [0.1, 0.15) is 15.9 Å². The molecule has 6 heteroatoms. The number of rotatable bonds is 4. The maximum absolute atomic E-state index is 12.4. The Balaban J connectivity index is 3.06. The molecule has 1 rings (SSSR count). The molecule has 0 saturated heterocycles. The van der Waals surface area contributed by atoms with E-state index in [9.17, 15) is 18.0 Å². The molecule has 0 aliphatic heterocycles. The number of aldehydes is 1. The van der Waals surface area contributed by atoms with Crippen molar-refractivity contribution >= 4 is 14.1 Å². The van der Waals surface area contributed by atoms with E-state index in [0.717, 1.165) is 18.2 Å². The lowest BCUT2D eigenvalue weighted by Crippen LogP contribution is -2.07. The lowest BCUT2D eigenvalue weighted by molar-refractivity contribution is -0.137. The fourth-order valence-electron chi connectivity index (χ4n) is 1.10. The summed E-state index contributed by atoms with van der Waals surface area (Å²) in [6.45, 7) is 0.0577. The van der Waals surface area contributed by atoms with Crippen molar-refractivity contribution in [3.63, 3.8) is 0 Å². The average molecular weight is 228 g/mol. The highest BCUT2D eigenvalue weighted by molar-refractivity contribution is 6.08. The van der Waals surface area contributed by atoms with Crippen LogP contribution in [0.15, 0.2) is 18.2 Å². The van der Waals surface area contributed by atoms with E-state index in [1.54, 1.807) is 0 Å². The molecule has 1 aromatic rings. The van der Waals surface area contributed by atoms with E-state index in [0.29, 0.717) is 6.29 Å². The largest absolute Gasteiger partial charge is 0.494 e. The van der Waals surface area contributed by atoms with Gasteiger partial charge in [-0.25, -0.2) is 0 Å². The first-order chi connectivity index (χ1) is 7.49. The molecule has 2 nitrogen and oxygen atoms in total. The predicted molar refractivity (Wildman–Crippen MR) is 52.9 cm³/mol. The second kappa shape index (κ2) is 5.05. The molecular weight excluding hydrogens is 220 g/mol. The maximum atomic E-state index is 12.4. The maximum Gasteiger partial charge on any atom is 0.416 e. The van der Waals surface area contributed by atoms with Gasteiger partial charge in [-0.05, 0) is 18.2 Å². The third kappa shape index (κ3) is 3.02. The van der Waals surface area contributed by atoms with E-state index >= 15 is 0 Å². The first-order valence-electron chi connectivity index (χ1n) is 4.48. The molecule has 0 fully saturated rings. The number of benzene rings is 1. The first-order valence-corrected chi connectivity index (χ1v) is 4.48. The molecule has 84 valence electrons. The van der Waals surface area contributed by atoms with E-state index in [1.807, 2.05) is 0 Å². The van der Waals surface area contributed by atoms with E-state index in [4.69, 9.17) is 12.6 Å². The van der Waals surface area contributed by atoms with Gasteiger partial charge in [-0.2, -0.15) is 13.2 Å². The fraction of sp³-hybridized carbons (Fsp3) is 0.300. The molecule has 0 amide bonds. The van der Waals surface area contributed by atoms with Crippen molar-refractivity contribution in [1.82, 2.24) is 0 Å². The molecule has 0 unspecified atom stereocenters. The van der Waals surface area contributed by atoms with Gasteiger partial charge >= 0.3 is 6.18 Å². The van der Waals surface area contributed by atoms with Gasteiger partial charge in [0.05, 0.1) is 25.6 Å². The van der Waals surface area contributed by atoms with Crippen LogP contribution in [0.4, 0.5) is 13.2 Å². The van der Waals surface area contributed by atoms with E-state index in [2.05, 4.69) is 0 Å². The standard InChI is InChI=1S/C10H8BF3O2/c11-3-4-16-9-5-8(10(12,13)14)2-1-7(9)6-15/h1-2,5-6H,3-4H2. The number of halogens is 3. The molecule has 0 N–H and O–H groups in total. The molecule has 0 aromatic heterocycles. The van der Waals surface area contributed by atoms with Gasteiger partial charge in [-0.1, -0.05) is 6.32 Å². The van der Waals surface area contributed by atoms with Crippen molar-refractivity contribution in [2.45, 2.75) is 12.5 Å². The van der Waals surface area contributed by atoms with Crippen LogP contribution in [-0.4, -0.2) is 20.7 Å². The van der Waals surface area contributed by atoms with Crippen LogP contribution in [0, 0.1) is 0 Å². The summed E-state index contributed by atoms with van der Waals surface area (Å²) in [5.41, 5.74) is -0.786. The summed E-state index contributed by atoms with van der Waals surface area (Å²) in [6.07, 6.45) is -3.86. The number of carbonyl (C=O) groups is 1. The second-order valence-corrected chi connectivity index (χ2v) is 3.01. The number of carbonyl (C=O) groups excluding carboxylic acids is 1. The van der Waals surface area contributed by atoms with Crippen molar-refractivity contribution in [2.75, 3.05) is 6.61 Å². The number of hydrogen-bond donors (Lipinski definition) is 0. The van der Waals surface area contributed by atoms with Crippen molar-refractivity contribution < 1.29 is 22.7 Å². The van der Waals surface area contributed by atoms with Gasteiger partial charge in [-0.15, -0.1) is 0 Å². The monoisotopic (exact) mass is 228 g/mol. The van der Waals surface area contributed by atoms with Crippen LogP contribution in [0.3, 0.4) is 0 Å². The summed E-state index contributed by atoms with van der Waals surface area (Å²) in [5, 5.41) is 0. The van der Waals surface area contributed by atoms with Gasteiger partial charge in [0, 0.05) is 0 Å². The Kier molecular flexibility index (Phi) is 3.98. The molecule has 0 saturated carbocycles. The summed E-state index contributed by atoms with van der Waals surface area (Å²) < 4.78 is 42.0. The Morgan fingerprint density at radius 2 is 2.06 bits per heavy atom. The molecule has 0 bridgehead atoms. The summed E-state index contributed by atoms with van der Waals surface area (Å²) in [7, 11) is 5.16. The Bertz CT molecular complexity index is 377. The Morgan fingerprint density at radius 3 is 2.56 bits per heavy atom. The lowest BCUT2D eigenvalue weighted by Gasteiger charge is -2.11. The van der Waals surface area contributed by atoms with Gasteiger partial charge in [0.15, 0.2) is 6.29 Å². The van der Waals surface area contributed by atoms with Gasteiger partial charge < -0.3 is 4.74 Å². The van der Waals surface area contributed by atoms with Gasteiger partial charge in [0.2, 0.25) is 0 Å². The fourth-order valence-corrected chi connectivity index (χ4v) is 1.10. The zero-order chi connectivity index (χ0) is 12.2. The Hall–Kier alpha value is -1.46. The average Bonchev–Trinajstić information content (AvgIpc) is 2.24. The smallest absolute Gasteiger partial charge is 0.416 e. The summed E-state index contributed by atoms with van der Waals surface area (Å²) in [4.78, 5) is 10.6. The van der Waals surface area contributed by atoms with Crippen molar-refractivity contribution in [3.05, 3.63) is 29.3 Å². The summed E-state index contributed by atoms with van der Waals surface area (Å²) in [6, 6.07) is 2.69. The molecular formula is C10H8BF3O2. The highest BCUT2D eigenvalue weighted by Crippen LogP contribution is 2.32. The number of alkyl halides is 3. The van der Waals surface area contributed by atoms with Gasteiger partial charge in [0.25, 0.3) is 0 Å². The van der Waals surface area contributed by atoms with Gasteiger partial charge in [-0.3, -0.25) is 4.79 Å². The molecule has 0 heterocycles. The first kappa shape index (κ1) is 12.6. The van der Waals surface area contributed by atoms with Crippen molar-refractivity contribution in [2.24, 2.45) is 0 Å². The normalized spacial score (nSPS) is 11.2. The molecule has 1 aromatic carbocycles. The van der Waals surface area contributed by atoms with Crippen LogP contribution < -0.4 is 4.74 Å². The molecule has 0 aliphatic carbocycles. The highest BCUT2D eigenvalue weighted by Gasteiger charge is 2.31. The third-order valence-electron chi connectivity index (χ3n) is 1.84. The van der Waals surface area contributed by atoms with E-state index in [-0.39, 0.29) is 24.2 Å². The van der Waals surface area contributed by atoms with Crippen LogP contribution in [0.2, 0.25) is 6.32 Å². The number of hydrogen-bond acceptors (Lipinski definition) is 2. The molecule has 0 atom stereocenters. The number of ether oxygens (including phenoxy) is 1. The molecule has 2 radical (unpaired) electrons. The van der Waals surface area contributed by atoms with Crippen molar-refractivity contribution in [3.8, 4) is 5.75 Å². The Labute approximate surface area is 91.8 Å². The zero-order valence-corrected chi connectivity index (χ0v) is 8.25.